The Hall–Kier alpha value is -2.65. The molecule has 6 nitrogen and oxygen atoms in total. The second-order valence-electron chi connectivity index (χ2n) is 6.27. The fourth-order valence-corrected chi connectivity index (χ4v) is 3.78. The number of carbonyl (C=O) groups is 2. The number of nitrogens with one attached hydrogen (secondary N) is 3. The van der Waals surface area contributed by atoms with Gasteiger partial charge in [0.05, 0.1) is 11.3 Å². The van der Waals surface area contributed by atoms with Gasteiger partial charge < -0.3 is 21.1 Å². The fourth-order valence-electron chi connectivity index (χ4n) is 2.65. The summed E-state index contributed by atoms with van der Waals surface area (Å²) in [5.74, 6) is -1.61. The van der Waals surface area contributed by atoms with Gasteiger partial charge in [-0.3, -0.25) is 4.79 Å². The lowest BCUT2D eigenvalue weighted by Crippen LogP contribution is -2.20. The molecule has 0 fully saturated rings. The van der Waals surface area contributed by atoms with E-state index in [4.69, 9.17) is 35.4 Å². The molecule has 0 saturated heterocycles. The van der Waals surface area contributed by atoms with Crippen LogP contribution >= 0.6 is 51.3 Å². The van der Waals surface area contributed by atoms with Crippen molar-refractivity contribution in [2.24, 2.45) is 0 Å². The van der Waals surface area contributed by atoms with Crippen LogP contribution in [-0.4, -0.2) is 22.1 Å². The van der Waals surface area contributed by atoms with E-state index in [1.54, 1.807) is 48.5 Å². The van der Waals surface area contributed by atoms with Gasteiger partial charge in [-0.25, -0.2) is 4.79 Å². The van der Waals surface area contributed by atoms with Gasteiger partial charge in [0.15, 0.2) is 5.11 Å². The molecular weight excluding hydrogens is 525 g/mol. The minimum Gasteiger partial charge on any atom is -0.478 e. The number of anilines is 3. The predicted octanol–water partition coefficient (Wildman–Crippen LogP) is 6.52. The van der Waals surface area contributed by atoms with Gasteiger partial charge >= 0.3 is 5.97 Å². The normalized spacial score (nSPS) is 10.3. The summed E-state index contributed by atoms with van der Waals surface area (Å²) in [5, 5.41) is 19.1. The summed E-state index contributed by atoms with van der Waals surface area (Å²) in [4.78, 5) is 24.1. The number of hydrogen-bond donors (Lipinski definition) is 4. The summed E-state index contributed by atoms with van der Waals surface area (Å²) in [6.45, 7) is 0. The topological polar surface area (TPSA) is 90.5 Å². The number of carboxylic acid groups (broad SMARTS) is 1. The van der Waals surface area contributed by atoms with Crippen LogP contribution in [0.3, 0.4) is 0 Å². The maximum atomic E-state index is 12.7. The molecule has 0 saturated carbocycles. The van der Waals surface area contributed by atoms with Crippen LogP contribution in [-0.2, 0) is 0 Å². The first kappa shape index (κ1) is 23.0. The molecule has 4 N–H and O–H groups in total. The third kappa shape index (κ3) is 6.41. The molecule has 0 spiro atoms. The van der Waals surface area contributed by atoms with Crippen LogP contribution in [0.1, 0.15) is 20.7 Å². The Bertz CT molecular complexity index is 1170. The van der Waals surface area contributed by atoms with E-state index < -0.39 is 11.9 Å². The van der Waals surface area contributed by atoms with Crippen molar-refractivity contribution in [3.05, 3.63) is 86.3 Å². The van der Waals surface area contributed by atoms with E-state index in [1.165, 1.54) is 12.1 Å². The first-order valence-electron chi connectivity index (χ1n) is 8.69. The molecule has 0 radical (unpaired) electrons. The fraction of sp³-hybridized carbons (Fsp3) is 0. The maximum absolute atomic E-state index is 12.7. The number of benzene rings is 3. The summed E-state index contributed by atoms with van der Waals surface area (Å²) < 4.78 is 0.594. The summed E-state index contributed by atoms with van der Waals surface area (Å²) in [7, 11) is 0. The van der Waals surface area contributed by atoms with Gasteiger partial charge in [-0.05, 0) is 66.8 Å². The third-order valence-corrected chi connectivity index (χ3v) is 5.10. The average molecular weight is 539 g/mol. The largest absolute Gasteiger partial charge is 0.478 e. The van der Waals surface area contributed by atoms with Crippen molar-refractivity contribution in [1.82, 2.24) is 0 Å². The van der Waals surface area contributed by atoms with Gasteiger partial charge in [-0.15, -0.1) is 0 Å². The second kappa shape index (κ2) is 10.1. The lowest BCUT2D eigenvalue weighted by atomic mass is 10.1. The van der Waals surface area contributed by atoms with Crippen LogP contribution in [0.4, 0.5) is 17.1 Å². The van der Waals surface area contributed by atoms with Crippen molar-refractivity contribution in [3.8, 4) is 0 Å². The number of amides is 1. The SMILES string of the molecule is O=C(Nc1ccc(Br)cc1C(=O)O)c1cccc(NC(=S)Nc2cc(Cl)cc(Cl)c2)c1. The monoisotopic (exact) mass is 537 g/mol. The summed E-state index contributed by atoms with van der Waals surface area (Å²) in [6.07, 6.45) is 0. The number of hydrogen-bond acceptors (Lipinski definition) is 3. The lowest BCUT2D eigenvalue weighted by Gasteiger charge is -2.13. The van der Waals surface area contributed by atoms with E-state index in [0.29, 0.717) is 31.5 Å². The maximum Gasteiger partial charge on any atom is 0.337 e. The molecule has 0 atom stereocenters. The molecule has 31 heavy (non-hydrogen) atoms. The first-order chi connectivity index (χ1) is 14.7. The Kier molecular flexibility index (Phi) is 7.50. The Morgan fingerprint density at radius 2 is 1.55 bits per heavy atom. The zero-order valence-electron chi connectivity index (χ0n) is 15.6. The van der Waals surface area contributed by atoms with Gasteiger partial charge in [-0.2, -0.15) is 0 Å². The van der Waals surface area contributed by atoms with Gasteiger partial charge in [0.25, 0.3) is 5.91 Å². The highest BCUT2D eigenvalue weighted by Crippen LogP contribution is 2.24. The van der Waals surface area contributed by atoms with Crippen LogP contribution in [0.15, 0.2) is 65.1 Å². The number of aromatic carboxylic acids is 1. The van der Waals surface area contributed by atoms with Crippen molar-refractivity contribution >= 4 is 85.4 Å². The molecule has 3 rings (SSSR count). The Morgan fingerprint density at radius 3 is 2.23 bits per heavy atom. The molecule has 0 heterocycles. The third-order valence-electron chi connectivity index (χ3n) is 3.96. The van der Waals surface area contributed by atoms with Crippen LogP contribution in [0.5, 0.6) is 0 Å². The molecule has 0 aromatic heterocycles. The summed E-state index contributed by atoms with van der Waals surface area (Å²) in [5.41, 5.74) is 1.65. The summed E-state index contributed by atoms with van der Waals surface area (Å²) in [6, 6.07) is 16.1. The van der Waals surface area contributed by atoms with Crippen molar-refractivity contribution < 1.29 is 14.7 Å². The predicted molar refractivity (Wildman–Crippen MR) is 132 cm³/mol. The molecule has 0 aliphatic rings. The minimum absolute atomic E-state index is 0.0254. The standard InChI is InChI=1S/C21H14BrCl2N3O3S/c22-12-4-5-18(17(7-12)20(29)30)27-19(28)11-2-1-3-15(6-11)25-21(31)26-16-9-13(23)8-14(24)10-16/h1-10H,(H,27,28)(H,29,30)(H2,25,26,31). The average Bonchev–Trinajstić information content (AvgIpc) is 2.68. The molecule has 1 amide bonds. The highest BCUT2D eigenvalue weighted by atomic mass is 79.9. The van der Waals surface area contributed by atoms with Crippen molar-refractivity contribution in [3.63, 3.8) is 0 Å². The molecule has 0 aliphatic heterocycles. The van der Waals surface area contributed by atoms with Crippen LogP contribution in [0, 0.1) is 0 Å². The Labute approximate surface area is 201 Å². The van der Waals surface area contributed by atoms with Crippen LogP contribution < -0.4 is 16.0 Å². The number of rotatable bonds is 5. The molecule has 3 aromatic rings. The zero-order valence-corrected chi connectivity index (χ0v) is 19.5. The molecule has 3 aromatic carbocycles. The zero-order chi connectivity index (χ0) is 22.5. The van der Waals surface area contributed by atoms with Crippen molar-refractivity contribution in [2.45, 2.75) is 0 Å². The van der Waals surface area contributed by atoms with E-state index in [0.717, 1.165) is 0 Å². The van der Waals surface area contributed by atoms with Gasteiger partial charge in [0.1, 0.15) is 0 Å². The van der Waals surface area contributed by atoms with E-state index in [1.807, 2.05) is 0 Å². The second-order valence-corrected chi connectivity index (χ2v) is 8.46. The number of carboxylic acids is 1. The van der Waals surface area contributed by atoms with Crippen molar-refractivity contribution in [2.75, 3.05) is 16.0 Å². The van der Waals surface area contributed by atoms with Gasteiger partial charge in [-0.1, -0.05) is 45.2 Å². The molecule has 0 unspecified atom stereocenters. The molecule has 10 heteroatoms. The van der Waals surface area contributed by atoms with Crippen LogP contribution in [0.2, 0.25) is 10.0 Å². The molecule has 0 aliphatic carbocycles. The smallest absolute Gasteiger partial charge is 0.337 e. The number of thiocarbonyl (C=S) groups is 1. The summed E-state index contributed by atoms with van der Waals surface area (Å²) >= 11 is 20.5. The van der Waals surface area contributed by atoms with Gasteiger partial charge in [0, 0.05) is 31.5 Å². The van der Waals surface area contributed by atoms with Crippen LogP contribution in [0.25, 0.3) is 0 Å². The number of carbonyl (C=O) groups excluding carboxylic acids is 1. The highest BCUT2D eigenvalue weighted by molar-refractivity contribution is 9.10. The molecular formula is C21H14BrCl2N3O3S. The molecule has 158 valence electrons. The number of halogens is 3. The van der Waals surface area contributed by atoms with Crippen molar-refractivity contribution in [1.29, 1.82) is 0 Å². The first-order valence-corrected chi connectivity index (χ1v) is 10.7. The Morgan fingerprint density at radius 1 is 0.871 bits per heavy atom. The van der Waals surface area contributed by atoms with Gasteiger partial charge in [0.2, 0.25) is 0 Å². The highest BCUT2D eigenvalue weighted by Gasteiger charge is 2.14. The van der Waals surface area contributed by atoms with E-state index in [9.17, 15) is 14.7 Å². The van der Waals surface area contributed by atoms with E-state index in [-0.39, 0.29) is 16.4 Å². The molecule has 0 bridgehead atoms. The minimum atomic E-state index is -1.15. The Balaban J connectivity index is 1.72. The lowest BCUT2D eigenvalue weighted by molar-refractivity contribution is 0.0698. The van der Waals surface area contributed by atoms with E-state index >= 15 is 0 Å². The quantitative estimate of drug-likeness (QED) is 0.277. The van der Waals surface area contributed by atoms with E-state index in [2.05, 4.69) is 31.9 Å².